The second kappa shape index (κ2) is 28.4. The van der Waals surface area contributed by atoms with Crippen LogP contribution in [0.5, 0.6) is 0 Å². The Morgan fingerprint density at radius 1 is 0.782 bits per heavy atom. The molecule has 0 bridgehead atoms. The van der Waals surface area contributed by atoms with Crippen LogP contribution in [0.3, 0.4) is 0 Å². The van der Waals surface area contributed by atoms with E-state index in [0.717, 1.165) is 44.1 Å². The lowest BCUT2D eigenvalue weighted by Gasteiger charge is -2.49. The largest absolute Gasteiger partial charge is 0.462 e. The Morgan fingerprint density at radius 2 is 1.31 bits per heavy atom. The maximum absolute atomic E-state index is 13.7. The Hall–Kier alpha value is -2.04. The number of hydrogen-bond acceptors (Lipinski definition) is 8. The van der Waals surface area contributed by atoms with Gasteiger partial charge >= 0.3 is 5.97 Å². The predicted molar refractivity (Wildman–Crippen MR) is 219 cm³/mol. The van der Waals surface area contributed by atoms with Crippen molar-refractivity contribution in [1.82, 2.24) is 5.32 Å². The Labute approximate surface area is 334 Å². The van der Waals surface area contributed by atoms with Gasteiger partial charge in [-0.25, -0.2) is 0 Å². The molecular formula is C46H79NO8. The molecular weight excluding hydrogens is 695 g/mol. The zero-order valence-electron chi connectivity index (χ0n) is 35.2. The minimum atomic E-state index is -1.10. The molecule has 316 valence electrons. The number of nitrogens with one attached hydrogen (secondary N) is 1. The number of fused-ring (bicyclic) bond motifs is 1. The van der Waals surface area contributed by atoms with E-state index in [4.69, 9.17) is 23.7 Å². The molecule has 9 heteroatoms. The van der Waals surface area contributed by atoms with E-state index in [1.807, 2.05) is 30.3 Å². The van der Waals surface area contributed by atoms with Crippen molar-refractivity contribution in [1.29, 1.82) is 0 Å². The molecule has 2 heterocycles. The van der Waals surface area contributed by atoms with Crippen molar-refractivity contribution in [3.8, 4) is 0 Å². The molecule has 2 saturated heterocycles. The number of aliphatic hydroxyl groups excluding tert-OH is 1. The highest BCUT2D eigenvalue weighted by atomic mass is 16.8. The van der Waals surface area contributed by atoms with Crippen molar-refractivity contribution in [2.45, 2.75) is 237 Å². The quantitative estimate of drug-likeness (QED) is 0.0567. The lowest BCUT2D eigenvalue weighted by atomic mass is 9.95. The first kappa shape index (κ1) is 47.3. The molecule has 0 spiro atoms. The summed E-state index contributed by atoms with van der Waals surface area (Å²) in [7, 11) is 0. The number of esters is 1. The number of hydrogen-bond donors (Lipinski definition) is 2. The molecule has 9 nitrogen and oxygen atoms in total. The van der Waals surface area contributed by atoms with E-state index in [1.165, 1.54) is 103 Å². The minimum absolute atomic E-state index is 0.0134. The van der Waals surface area contributed by atoms with Crippen LogP contribution in [0.4, 0.5) is 0 Å². The fraction of sp³-hybridized carbons (Fsp3) is 0.826. The summed E-state index contributed by atoms with van der Waals surface area (Å²) < 4.78 is 30.3. The summed E-state index contributed by atoms with van der Waals surface area (Å²) in [6, 6.07) is 8.82. The summed E-state index contributed by atoms with van der Waals surface area (Å²) in [6.07, 6.45) is 24.2. The van der Waals surface area contributed by atoms with Gasteiger partial charge in [-0.1, -0.05) is 173 Å². The molecule has 1 aromatic carbocycles. The van der Waals surface area contributed by atoms with Gasteiger partial charge in [-0.05, 0) is 38.7 Å². The topological polar surface area (TPSA) is 113 Å². The Kier molecular flexibility index (Phi) is 24.4. The molecule has 0 radical (unpaired) electrons. The van der Waals surface area contributed by atoms with E-state index < -0.39 is 42.5 Å². The van der Waals surface area contributed by atoms with Crippen molar-refractivity contribution >= 4 is 11.9 Å². The van der Waals surface area contributed by atoms with Crippen LogP contribution in [-0.4, -0.2) is 66.1 Å². The number of aliphatic hydroxyl groups is 1. The van der Waals surface area contributed by atoms with E-state index in [1.54, 1.807) is 13.8 Å². The van der Waals surface area contributed by atoms with Crippen LogP contribution in [0.15, 0.2) is 30.3 Å². The Morgan fingerprint density at radius 3 is 1.87 bits per heavy atom. The van der Waals surface area contributed by atoms with Crippen molar-refractivity contribution < 1.29 is 38.4 Å². The molecule has 3 unspecified atom stereocenters. The molecule has 0 aromatic heterocycles. The van der Waals surface area contributed by atoms with Gasteiger partial charge < -0.3 is 34.1 Å². The van der Waals surface area contributed by atoms with Gasteiger partial charge in [-0.15, -0.1) is 0 Å². The van der Waals surface area contributed by atoms with Crippen LogP contribution >= 0.6 is 0 Å². The average Bonchev–Trinajstić information content (AvgIpc) is 3.16. The third kappa shape index (κ3) is 20.3. The molecule has 55 heavy (non-hydrogen) atoms. The monoisotopic (exact) mass is 774 g/mol. The number of carbonyl (C=O) groups excluding carboxylic acids is 2. The van der Waals surface area contributed by atoms with Crippen molar-refractivity contribution in [2.24, 2.45) is 0 Å². The number of amides is 1. The highest BCUT2D eigenvalue weighted by Crippen LogP contribution is 2.33. The van der Waals surface area contributed by atoms with E-state index in [2.05, 4.69) is 19.2 Å². The molecule has 0 aliphatic carbocycles. The van der Waals surface area contributed by atoms with Crippen LogP contribution in [0.1, 0.15) is 194 Å². The van der Waals surface area contributed by atoms with Crippen molar-refractivity contribution in [3.05, 3.63) is 35.9 Å². The lowest BCUT2D eigenvalue weighted by Crippen LogP contribution is -2.68. The maximum atomic E-state index is 13.7. The van der Waals surface area contributed by atoms with E-state index in [9.17, 15) is 14.7 Å². The van der Waals surface area contributed by atoms with Gasteiger partial charge in [-0.3, -0.25) is 9.59 Å². The van der Waals surface area contributed by atoms with Crippen LogP contribution in [-0.2, 0) is 39.9 Å². The summed E-state index contributed by atoms with van der Waals surface area (Å²) in [5.41, 5.74) is 0.946. The zero-order chi connectivity index (χ0) is 39.6. The first-order chi connectivity index (χ1) is 26.7. The fourth-order valence-corrected chi connectivity index (χ4v) is 7.76. The Balaban J connectivity index is 1.50. The standard InChI is InChI=1S/C46H79NO8/c1-5-7-9-11-13-15-16-17-18-20-22-24-29-33-41(49)53-38(32-28-23-21-19-14-12-10-8-6-2)34-40(48)47-42-43(50)44-39(36-52-46(3,4)55-44)54-45(42)51-35-37-30-26-25-27-31-37/h25-27,30-31,38-39,42-45,50H,5-24,28-29,32-36H2,1-4H3,(H,47,48)/t38-,39?,42?,43?,44-,45-/m1/s1. The van der Waals surface area contributed by atoms with Gasteiger partial charge in [0, 0.05) is 6.42 Å². The highest BCUT2D eigenvalue weighted by molar-refractivity contribution is 5.77. The Bertz CT molecular complexity index is 1130. The van der Waals surface area contributed by atoms with Crippen LogP contribution < -0.4 is 5.32 Å². The maximum Gasteiger partial charge on any atom is 0.306 e. The second-order valence-electron chi connectivity index (χ2n) is 16.6. The second-order valence-corrected chi connectivity index (χ2v) is 16.6. The fourth-order valence-electron chi connectivity index (χ4n) is 7.76. The third-order valence-corrected chi connectivity index (χ3v) is 11.1. The summed E-state index contributed by atoms with van der Waals surface area (Å²) in [6.45, 7) is 8.57. The van der Waals surface area contributed by atoms with Crippen molar-refractivity contribution in [3.63, 3.8) is 0 Å². The number of carbonyl (C=O) groups is 2. The number of ether oxygens (including phenoxy) is 5. The van der Waals surface area contributed by atoms with E-state index in [-0.39, 0.29) is 31.5 Å². The third-order valence-electron chi connectivity index (χ3n) is 11.1. The van der Waals surface area contributed by atoms with Gasteiger partial charge in [0.2, 0.25) is 5.91 Å². The first-order valence-corrected chi connectivity index (χ1v) is 22.5. The predicted octanol–water partition coefficient (Wildman–Crippen LogP) is 10.6. The number of rotatable bonds is 31. The van der Waals surface area contributed by atoms with Gasteiger partial charge in [-0.2, -0.15) is 0 Å². The molecule has 1 aromatic rings. The van der Waals surface area contributed by atoms with Gasteiger partial charge in [0.05, 0.1) is 19.6 Å². The lowest BCUT2D eigenvalue weighted by molar-refractivity contribution is -0.369. The summed E-state index contributed by atoms with van der Waals surface area (Å²) in [4.78, 5) is 26.8. The molecule has 6 atom stereocenters. The van der Waals surface area contributed by atoms with Crippen LogP contribution in [0.25, 0.3) is 0 Å². The average molecular weight is 774 g/mol. The summed E-state index contributed by atoms with van der Waals surface area (Å²) in [5, 5.41) is 14.6. The normalized spacial score (nSPS) is 22.5. The molecule has 2 aliphatic heterocycles. The minimum Gasteiger partial charge on any atom is -0.462 e. The SMILES string of the molecule is CCCCCCCCCCCCCCCC(=O)O[C@H](CCCCCCCCCCC)CC(=O)NC1C(O)[C@@H]2OC(C)(C)OCC2O[C@H]1OCc1ccccc1. The van der Waals surface area contributed by atoms with Gasteiger partial charge in [0.25, 0.3) is 0 Å². The van der Waals surface area contributed by atoms with Crippen LogP contribution in [0, 0.1) is 0 Å². The van der Waals surface area contributed by atoms with E-state index in [0.29, 0.717) is 12.8 Å². The van der Waals surface area contributed by atoms with Gasteiger partial charge in [0.1, 0.15) is 30.5 Å². The smallest absolute Gasteiger partial charge is 0.306 e. The molecule has 2 fully saturated rings. The zero-order valence-corrected chi connectivity index (χ0v) is 35.2. The molecule has 2 aliphatic rings. The van der Waals surface area contributed by atoms with Crippen LogP contribution in [0.2, 0.25) is 0 Å². The molecule has 1 amide bonds. The number of benzene rings is 1. The summed E-state index contributed by atoms with van der Waals surface area (Å²) in [5.74, 6) is -1.46. The highest BCUT2D eigenvalue weighted by Gasteiger charge is 2.51. The first-order valence-electron chi connectivity index (χ1n) is 22.5. The van der Waals surface area contributed by atoms with E-state index >= 15 is 0 Å². The molecule has 3 rings (SSSR count). The van der Waals surface area contributed by atoms with Crippen molar-refractivity contribution in [2.75, 3.05) is 6.61 Å². The molecule has 0 saturated carbocycles. The number of unbranched alkanes of at least 4 members (excludes halogenated alkanes) is 20. The summed E-state index contributed by atoms with van der Waals surface area (Å²) >= 11 is 0. The van der Waals surface area contributed by atoms with Gasteiger partial charge in [0.15, 0.2) is 12.1 Å². The molecule has 2 N–H and O–H groups in total.